The van der Waals surface area contributed by atoms with Crippen molar-refractivity contribution in [3.63, 3.8) is 0 Å². The first-order chi connectivity index (χ1) is 22.9. The van der Waals surface area contributed by atoms with E-state index in [4.69, 9.17) is 4.74 Å². The minimum atomic E-state index is -0.519. The molecule has 0 atom stereocenters. The van der Waals surface area contributed by atoms with Gasteiger partial charge in [-0.3, -0.25) is 4.79 Å². The molecular formula is C38H50F2N6O2. The summed E-state index contributed by atoms with van der Waals surface area (Å²) < 4.78 is 33.0. The molecule has 1 saturated heterocycles. The number of hydrogen-bond donors (Lipinski definition) is 2. The summed E-state index contributed by atoms with van der Waals surface area (Å²) in [6, 6.07) is 12.9. The van der Waals surface area contributed by atoms with Crippen LogP contribution >= 0.6 is 0 Å². The highest BCUT2D eigenvalue weighted by Gasteiger charge is 2.21. The summed E-state index contributed by atoms with van der Waals surface area (Å²) in [4.78, 5) is 28.7. The van der Waals surface area contributed by atoms with Gasteiger partial charge >= 0.3 is 0 Å². The topological polar surface area (TPSA) is 86.4 Å². The van der Waals surface area contributed by atoms with E-state index >= 15 is 4.39 Å². The highest BCUT2D eigenvalue weighted by atomic mass is 19.1. The molecule has 2 N–H and O–H groups in total. The number of Topliss-reactive ketones (excluding diaryl/α,β-unsaturated/α-hetero) is 1. The first kappa shape index (κ1) is 39.3. The number of hydrogen-bond acceptors (Lipinski definition) is 7. The maximum Gasteiger partial charge on any atom is 0.235 e. The third-order valence-electron chi connectivity index (χ3n) is 7.02. The fourth-order valence-electron chi connectivity index (χ4n) is 4.71. The summed E-state index contributed by atoms with van der Waals surface area (Å²) in [5.74, 6) is -0.995. The van der Waals surface area contributed by atoms with Gasteiger partial charge in [0.25, 0.3) is 0 Å². The van der Waals surface area contributed by atoms with E-state index in [-0.39, 0.29) is 23.0 Å². The molecule has 0 amide bonds. The maximum atomic E-state index is 15.1. The lowest BCUT2D eigenvalue weighted by Crippen LogP contribution is -2.44. The van der Waals surface area contributed by atoms with Crippen LogP contribution in [0, 0.1) is 12.7 Å². The van der Waals surface area contributed by atoms with Gasteiger partial charge in [-0.25, -0.2) is 18.7 Å². The zero-order chi connectivity index (χ0) is 36.0. The molecule has 1 fully saturated rings. The highest BCUT2D eigenvalue weighted by Crippen LogP contribution is 2.34. The average Bonchev–Trinajstić information content (AvgIpc) is 3.46. The molecule has 0 unspecified atom stereocenters. The number of likely N-dealkylation sites (N-methyl/N-ethyl adjacent to an activating group) is 1. The summed E-state index contributed by atoms with van der Waals surface area (Å²) in [5.41, 5.74) is 4.96. The maximum absolute atomic E-state index is 15.1. The number of carbonyl (C=O) groups is 1. The minimum absolute atomic E-state index is 0.00503. The number of H-pyrrole nitrogens is 1. The van der Waals surface area contributed by atoms with E-state index in [1.54, 1.807) is 18.2 Å². The number of allylic oxidation sites excluding steroid dienone is 4. The van der Waals surface area contributed by atoms with Crippen LogP contribution in [0.1, 0.15) is 64.5 Å². The molecule has 1 aliphatic heterocycles. The van der Waals surface area contributed by atoms with E-state index in [9.17, 15) is 9.18 Å². The second-order valence-electron chi connectivity index (χ2n) is 11.0. The monoisotopic (exact) mass is 660 g/mol. The Morgan fingerprint density at radius 2 is 1.60 bits per heavy atom. The molecule has 10 heteroatoms. The van der Waals surface area contributed by atoms with Crippen LogP contribution in [-0.4, -0.2) is 58.9 Å². The fraction of sp³-hybridized carbons (Fsp3) is 0.342. The Hall–Kier alpha value is -4.83. The molecule has 1 aliphatic rings. The molecule has 2 aromatic carbocycles. The Morgan fingerprint density at radius 3 is 2.15 bits per heavy atom. The lowest BCUT2D eigenvalue weighted by molar-refractivity contribution is 0.101. The van der Waals surface area contributed by atoms with Crippen LogP contribution in [-0.2, 0) is 0 Å². The lowest BCUT2D eigenvalue weighted by atomic mass is 10.2. The van der Waals surface area contributed by atoms with Gasteiger partial charge in [0.05, 0.1) is 0 Å². The number of rotatable bonds is 8. The first-order valence-electron chi connectivity index (χ1n) is 16.2. The van der Waals surface area contributed by atoms with E-state index in [2.05, 4.69) is 50.3 Å². The van der Waals surface area contributed by atoms with Crippen LogP contribution in [0.4, 0.5) is 26.0 Å². The molecule has 0 spiro atoms. The SMILES string of the molecule is C=C(F)C(=C)C=C(C)C.CC.CC.CC(=O)c1c(Nc2ccc(N3CCN(C)CC3)cc2)ncnc1Oc1ccc2[nH]c(C)cc2c1F. The van der Waals surface area contributed by atoms with Crippen molar-refractivity contribution in [2.45, 2.75) is 55.4 Å². The number of anilines is 3. The molecule has 4 aromatic rings. The van der Waals surface area contributed by atoms with Crippen molar-refractivity contribution < 1.29 is 18.3 Å². The number of halogens is 2. The normalized spacial score (nSPS) is 12.3. The number of nitrogens with one attached hydrogen (secondary N) is 2. The van der Waals surface area contributed by atoms with Crippen LogP contribution < -0.4 is 15.0 Å². The third kappa shape index (κ3) is 10.9. The Morgan fingerprint density at radius 1 is 0.979 bits per heavy atom. The summed E-state index contributed by atoms with van der Waals surface area (Å²) >= 11 is 0. The number of nitrogens with zero attached hydrogens (tertiary/aromatic N) is 4. The number of piperazine rings is 1. The zero-order valence-electron chi connectivity index (χ0n) is 29.8. The molecule has 258 valence electrons. The summed E-state index contributed by atoms with van der Waals surface area (Å²) in [5, 5.41) is 3.60. The molecule has 8 nitrogen and oxygen atoms in total. The molecule has 0 aliphatic carbocycles. The Balaban J connectivity index is 0.000000531. The van der Waals surface area contributed by atoms with Crippen molar-refractivity contribution in [1.29, 1.82) is 0 Å². The largest absolute Gasteiger partial charge is 0.435 e. The Bertz CT molecular complexity index is 1700. The van der Waals surface area contributed by atoms with Gasteiger partial charge in [-0.1, -0.05) is 52.5 Å². The van der Waals surface area contributed by atoms with Crippen molar-refractivity contribution in [2.24, 2.45) is 0 Å². The van der Waals surface area contributed by atoms with Gasteiger partial charge < -0.3 is 24.8 Å². The molecular weight excluding hydrogens is 610 g/mol. The summed E-state index contributed by atoms with van der Waals surface area (Å²) in [6.45, 7) is 25.6. The third-order valence-corrected chi connectivity index (χ3v) is 7.02. The predicted octanol–water partition coefficient (Wildman–Crippen LogP) is 9.94. The molecule has 2 aromatic heterocycles. The van der Waals surface area contributed by atoms with Crippen molar-refractivity contribution in [3.05, 3.63) is 102 Å². The number of carbonyl (C=O) groups excluding carboxylic acids is 1. The average molecular weight is 661 g/mol. The van der Waals surface area contributed by atoms with Gasteiger partial charge in [0, 0.05) is 59.7 Å². The van der Waals surface area contributed by atoms with Gasteiger partial charge in [0.15, 0.2) is 17.3 Å². The smallest absolute Gasteiger partial charge is 0.235 e. The van der Waals surface area contributed by atoms with Crippen molar-refractivity contribution >= 4 is 33.9 Å². The standard InChI is InChI=1S/C26H27FN6O2.C8H11F.2C2H6/c1-16-14-20-21(30-16)8-9-22(24(20)27)35-26-23(17(2)34)25(28-15-29-26)31-18-4-6-19(7-5-18)33-12-10-32(3)11-13-33;1-6(2)5-7(3)8(4)9;2*1-2/h4-9,14-15,30H,10-13H2,1-3H3,(H,28,29,31);5H,3-4H2,1-2H3;2*1-2H3. The van der Waals surface area contributed by atoms with E-state index in [1.807, 2.05) is 72.7 Å². The molecule has 3 heterocycles. The number of benzene rings is 2. The van der Waals surface area contributed by atoms with Crippen LogP contribution in [0.25, 0.3) is 10.9 Å². The summed E-state index contributed by atoms with van der Waals surface area (Å²) in [6.07, 6.45) is 2.95. The number of aryl methyl sites for hydroxylation is 1. The van der Waals surface area contributed by atoms with E-state index in [0.717, 1.165) is 48.8 Å². The number of fused-ring (bicyclic) bond motifs is 1. The minimum Gasteiger partial charge on any atom is -0.435 e. The molecule has 48 heavy (non-hydrogen) atoms. The predicted molar refractivity (Wildman–Crippen MR) is 196 cm³/mol. The van der Waals surface area contributed by atoms with E-state index in [1.165, 1.54) is 19.3 Å². The summed E-state index contributed by atoms with van der Waals surface area (Å²) in [7, 11) is 2.13. The first-order valence-corrected chi connectivity index (χ1v) is 16.2. The lowest BCUT2D eigenvalue weighted by Gasteiger charge is -2.34. The number of ether oxygens (including phenoxy) is 1. The van der Waals surface area contributed by atoms with Gasteiger partial charge in [-0.2, -0.15) is 0 Å². The van der Waals surface area contributed by atoms with E-state index < -0.39 is 11.6 Å². The van der Waals surface area contributed by atoms with Gasteiger partial charge in [0.2, 0.25) is 5.88 Å². The van der Waals surface area contributed by atoms with Crippen molar-refractivity contribution in [3.8, 4) is 11.6 Å². The van der Waals surface area contributed by atoms with Gasteiger partial charge in [-0.15, -0.1) is 0 Å². The number of aromatic nitrogens is 3. The van der Waals surface area contributed by atoms with Crippen LogP contribution in [0.5, 0.6) is 11.6 Å². The fourth-order valence-corrected chi connectivity index (χ4v) is 4.71. The number of ketones is 1. The van der Waals surface area contributed by atoms with Gasteiger partial charge in [0.1, 0.15) is 23.5 Å². The molecule has 5 rings (SSSR count). The Labute approximate surface area is 284 Å². The molecule has 0 radical (unpaired) electrons. The van der Waals surface area contributed by atoms with Gasteiger partial charge in [-0.05, 0) is 77.2 Å². The second-order valence-corrected chi connectivity index (χ2v) is 11.0. The molecule has 0 bridgehead atoms. The molecule has 0 saturated carbocycles. The second kappa shape index (κ2) is 19.1. The van der Waals surface area contributed by atoms with Crippen molar-refractivity contribution in [1.82, 2.24) is 19.9 Å². The van der Waals surface area contributed by atoms with Crippen LogP contribution in [0.3, 0.4) is 0 Å². The van der Waals surface area contributed by atoms with Crippen molar-refractivity contribution in [2.75, 3.05) is 43.4 Å². The van der Waals surface area contributed by atoms with Crippen LogP contribution in [0.15, 0.2) is 85.0 Å². The zero-order valence-corrected chi connectivity index (χ0v) is 29.8. The quantitative estimate of drug-likeness (QED) is 0.144. The Kier molecular flexibility index (Phi) is 15.7. The van der Waals surface area contributed by atoms with Crippen LogP contribution in [0.2, 0.25) is 0 Å². The number of aromatic amines is 1. The van der Waals surface area contributed by atoms with E-state index in [0.29, 0.717) is 22.3 Å². The highest BCUT2D eigenvalue weighted by molar-refractivity contribution is 6.01.